The molecule has 4 heteroatoms. The Morgan fingerprint density at radius 1 is 1.41 bits per heavy atom. The Labute approximate surface area is 119 Å². The van der Waals surface area contributed by atoms with E-state index in [1.54, 1.807) is 11.3 Å². The summed E-state index contributed by atoms with van der Waals surface area (Å²) in [6, 6.07) is 8.25. The molecule has 0 bridgehead atoms. The summed E-state index contributed by atoms with van der Waals surface area (Å²) < 4.78 is 1.12. The van der Waals surface area contributed by atoms with Gasteiger partial charge in [-0.25, -0.2) is 4.98 Å². The molecule has 0 amide bonds. The molecule has 0 spiro atoms. The van der Waals surface area contributed by atoms with E-state index in [2.05, 4.69) is 38.4 Å². The highest BCUT2D eigenvalue weighted by Crippen LogP contribution is 2.29. The van der Waals surface area contributed by atoms with Gasteiger partial charge in [-0.15, -0.1) is 22.9 Å². The fourth-order valence-corrected chi connectivity index (χ4v) is 3.32. The smallest absolute Gasteiger partial charge is 0.0897 e. The van der Waals surface area contributed by atoms with E-state index in [4.69, 9.17) is 11.6 Å². The lowest BCUT2D eigenvalue weighted by Gasteiger charge is -2.14. The van der Waals surface area contributed by atoms with Crippen molar-refractivity contribution < 1.29 is 0 Å². The van der Waals surface area contributed by atoms with Crippen LogP contribution in [0.3, 0.4) is 0 Å². The number of nitrogens with zero attached hydrogens (tertiary/aromatic N) is 1. The largest absolute Gasteiger partial charge is 0.247 e. The van der Waals surface area contributed by atoms with E-state index < -0.39 is 0 Å². The third kappa shape index (κ3) is 3.30. The van der Waals surface area contributed by atoms with Gasteiger partial charge in [0.1, 0.15) is 0 Å². The molecule has 17 heavy (non-hydrogen) atoms. The van der Waals surface area contributed by atoms with Crippen LogP contribution in [0, 0.1) is 6.92 Å². The van der Waals surface area contributed by atoms with Crippen molar-refractivity contribution in [1.29, 1.82) is 0 Å². The second-order valence-corrected chi connectivity index (χ2v) is 6.16. The van der Waals surface area contributed by atoms with Crippen LogP contribution >= 0.6 is 38.9 Å². The number of benzene rings is 1. The summed E-state index contributed by atoms with van der Waals surface area (Å²) in [6.45, 7) is 2.03. The lowest BCUT2D eigenvalue weighted by molar-refractivity contribution is 0.746. The third-order valence-corrected chi connectivity index (χ3v) is 4.57. The van der Waals surface area contributed by atoms with Crippen LogP contribution in [-0.4, -0.2) is 10.9 Å². The van der Waals surface area contributed by atoms with Crippen molar-refractivity contribution in [3.05, 3.63) is 50.4 Å². The van der Waals surface area contributed by atoms with Gasteiger partial charge in [0.25, 0.3) is 0 Å². The minimum Gasteiger partial charge on any atom is -0.247 e. The number of alkyl halides is 1. The summed E-state index contributed by atoms with van der Waals surface area (Å²) in [5, 5.41) is 3.23. The van der Waals surface area contributed by atoms with E-state index in [-0.39, 0.29) is 0 Å². The molecular weight excluding hydrogens is 318 g/mol. The molecule has 90 valence electrons. The Morgan fingerprint density at radius 2 is 2.18 bits per heavy atom. The standard InChI is InChI=1S/C13H13BrClNS/c1-9-16-11(8-17-9)6-10(7-15)12-4-2-3-5-13(12)14/h2-5,8,10H,6-7H2,1H3. The average Bonchev–Trinajstić information content (AvgIpc) is 2.73. The Hall–Kier alpha value is -0.380. The molecule has 1 heterocycles. The second kappa shape index (κ2) is 5.98. The monoisotopic (exact) mass is 329 g/mol. The number of aromatic nitrogens is 1. The predicted molar refractivity (Wildman–Crippen MR) is 78.2 cm³/mol. The number of thiazole rings is 1. The zero-order valence-electron chi connectivity index (χ0n) is 9.49. The molecule has 0 N–H and O–H groups in total. The summed E-state index contributed by atoms with van der Waals surface area (Å²) in [6.07, 6.45) is 0.899. The maximum absolute atomic E-state index is 6.09. The first kappa shape index (κ1) is 13.1. The van der Waals surface area contributed by atoms with Crippen LogP contribution in [0.1, 0.15) is 22.2 Å². The van der Waals surface area contributed by atoms with E-state index in [1.807, 2.05) is 19.1 Å². The number of aryl methyl sites for hydroxylation is 1. The Kier molecular flexibility index (Phi) is 4.60. The van der Waals surface area contributed by atoms with Crippen molar-refractivity contribution in [3.63, 3.8) is 0 Å². The fraction of sp³-hybridized carbons (Fsp3) is 0.308. The molecular formula is C13H13BrClNS. The molecule has 0 saturated heterocycles. The molecule has 0 aliphatic carbocycles. The minimum atomic E-state index is 0.314. The Morgan fingerprint density at radius 3 is 2.76 bits per heavy atom. The number of halogens is 2. The molecule has 2 rings (SSSR count). The van der Waals surface area contributed by atoms with Crippen molar-refractivity contribution in [2.24, 2.45) is 0 Å². The van der Waals surface area contributed by atoms with Crippen LogP contribution in [0.15, 0.2) is 34.1 Å². The third-order valence-electron chi connectivity index (χ3n) is 2.65. The number of hydrogen-bond donors (Lipinski definition) is 0. The molecule has 0 aliphatic heterocycles. The number of rotatable bonds is 4. The van der Waals surface area contributed by atoms with Gasteiger partial charge < -0.3 is 0 Å². The van der Waals surface area contributed by atoms with Gasteiger partial charge in [0.05, 0.1) is 10.7 Å². The van der Waals surface area contributed by atoms with Crippen LogP contribution in [0.4, 0.5) is 0 Å². The van der Waals surface area contributed by atoms with Crippen molar-refractivity contribution in [3.8, 4) is 0 Å². The van der Waals surface area contributed by atoms with E-state index in [0.29, 0.717) is 11.8 Å². The normalized spacial score (nSPS) is 12.6. The molecule has 1 unspecified atom stereocenters. The quantitative estimate of drug-likeness (QED) is 0.735. The first-order chi connectivity index (χ1) is 8.20. The molecule has 0 aliphatic rings. The maximum atomic E-state index is 6.09. The molecule has 0 radical (unpaired) electrons. The fourth-order valence-electron chi connectivity index (χ4n) is 1.81. The van der Waals surface area contributed by atoms with Gasteiger partial charge in [-0.1, -0.05) is 34.1 Å². The maximum Gasteiger partial charge on any atom is 0.0897 e. The van der Waals surface area contributed by atoms with Crippen LogP contribution in [-0.2, 0) is 6.42 Å². The molecule has 1 aromatic heterocycles. The van der Waals surface area contributed by atoms with E-state index in [0.717, 1.165) is 21.6 Å². The summed E-state index contributed by atoms with van der Waals surface area (Å²) >= 11 is 11.4. The molecule has 0 fully saturated rings. The SMILES string of the molecule is Cc1nc(CC(CCl)c2ccccc2Br)cs1. The van der Waals surface area contributed by atoms with Crippen molar-refractivity contribution >= 4 is 38.9 Å². The van der Waals surface area contributed by atoms with Gasteiger partial charge in [-0.05, 0) is 25.0 Å². The highest BCUT2D eigenvalue weighted by molar-refractivity contribution is 9.10. The summed E-state index contributed by atoms with van der Waals surface area (Å²) in [5.74, 6) is 0.924. The van der Waals surface area contributed by atoms with E-state index in [9.17, 15) is 0 Å². The summed E-state index contributed by atoms with van der Waals surface area (Å²) in [7, 11) is 0. The Balaban J connectivity index is 2.20. The first-order valence-electron chi connectivity index (χ1n) is 5.42. The molecule has 1 nitrogen and oxygen atoms in total. The lowest BCUT2D eigenvalue weighted by atomic mass is 9.96. The predicted octanol–water partition coefficient (Wildman–Crippen LogP) is 4.78. The Bertz CT molecular complexity index is 498. The zero-order valence-corrected chi connectivity index (χ0v) is 12.6. The van der Waals surface area contributed by atoms with E-state index in [1.165, 1.54) is 5.56 Å². The number of hydrogen-bond acceptors (Lipinski definition) is 2. The van der Waals surface area contributed by atoms with Gasteiger partial charge in [0, 0.05) is 21.7 Å². The molecule has 2 aromatic rings. The highest BCUT2D eigenvalue weighted by atomic mass is 79.9. The second-order valence-electron chi connectivity index (χ2n) is 3.93. The summed E-state index contributed by atoms with van der Waals surface area (Å²) in [4.78, 5) is 4.50. The van der Waals surface area contributed by atoms with Gasteiger partial charge in [-0.2, -0.15) is 0 Å². The van der Waals surface area contributed by atoms with Crippen molar-refractivity contribution in [2.75, 3.05) is 5.88 Å². The minimum absolute atomic E-state index is 0.314. The van der Waals surface area contributed by atoms with Crippen LogP contribution < -0.4 is 0 Å². The lowest BCUT2D eigenvalue weighted by Crippen LogP contribution is -2.05. The highest BCUT2D eigenvalue weighted by Gasteiger charge is 2.15. The van der Waals surface area contributed by atoms with Gasteiger partial charge in [0.15, 0.2) is 0 Å². The van der Waals surface area contributed by atoms with Gasteiger partial charge >= 0.3 is 0 Å². The van der Waals surface area contributed by atoms with Gasteiger partial charge in [0.2, 0.25) is 0 Å². The van der Waals surface area contributed by atoms with E-state index >= 15 is 0 Å². The molecule has 0 saturated carbocycles. The van der Waals surface area contributed by atoms with Crippen LogP contribution in [0.25, 0.3) is 0 Å². The van der Waals surface area contributed by atoms with Crippen LogP contribution in [0.5, 0.6) is 0 Å². The van der Waals surface area contributed by atoms with Crippen molar-refractivity contribution in [1.82, 2.24) is 4.98 Å². The first-order valence-corrected chi connectivity index (χ1v) is 7.63. The summed E-state index contributed by atoms with van der Waals surface area (Å²) in [5.41, 5.74) is 2.39. The van der Waals surface area contributed by atoms with Crippen molar-refractivity contribution in [2.45, 2.75) is 19.3 Å². The topological polar surface area (TPSA) is 12.9 Å². The van der Waals surface area contributed by atoms with Crippen LogP contribution in [0.2, 0.25) is 0 Å². The molecule has 1 atom stereocenters. The zero-order chi connectivity index (χ0) is 12.3. The average molecular weight is 331 g/mol. The molecule has 1 aromatic carbocycles. The van der Waals surface area contributed by atoms with Gasteiger partial charge in [-0.3, -0.25) is 0 Å².